The predicted octanol–water partition coefficient (Wildman–Crippen LogP) is 1.90. The number of carbonyl (C=O) groups is 1. The van der Waals surface area contributed by atoms with Crippen LogP contribution < -0.4 is 9.47 Å². The lowest BCUT2D eigenvalue weighted by Crippen LogP contribution is -2.33. The fourth-order valence-corrected chi connectivity index (χ4v) is 2.27. The minimum atomic E-state index is -0.0170. The lowest BCUT2D eigenvalue weighted by Gasteiger charge is -2.22. The van der Waals surface area contributed by atoms with Crippen LogP contribution >= 0.6 is 0 Å². The standard InChI is InChI=1S/C15H23N3O3/c1-15(2,3)9-14(19)18-8-7-11(10-18)21-13-6-5-12(20-4)16-17-13/h5-6,11H,7-10H2,1-4H3. The van der Waals surface area contributed by atoms with Crippen molar-refractivity contribution < 1.29 is 14.3 Å². The van der Waals surface area contributed by atoms with Gasteiger partial charge >= 0.3 is 0 Å². The summed E-state index contributed by atoms with van der Waals surface area (Å²) >= 11 is 0. The van der Waals surface area contributed by atoms with Gasteiger partial charge in [0.05, 0.1) is 13.7 Å². The smallest absolute Gasteiger partial charge is 0.233 e. The van der Waals surface area contributed by atoms with E-state index in [1.807, 2.05) is 4.90 Å². The van der Waals surface area contributed by atoms with Crippen LogP contribution in [0.3, 0.4) is 0 Å². The van der Waals surface area contributed by atoms with Gasteiger partial charge in [-0.2, -0.15) is 0 Å². The molecular formula is C15H23N3O3. The van der Waals surface area contributed by atoms with E-state index in [9.17, 15) is 4.79 Å². The van der Waals surface area contributed by atoms with E-state index in [0.717, 1.165) is 13.0 Å². The summed E-state index contributed by atoms with van der Waals surface area (Å²) in [7, 11) is 1.54. The van der Waals surface area contributed by atoms with Gasteiger partial charge in [0, 0.05) is 31.5 Å². The molecule has 1 aliphatic rings. The number of aromatic nitrogens is 2. The van der Waals surface area contributed by atoms with Crippen LogP contribution in [-0.4, -0.2) is 47.3 Å². The number of likely N-dealkylation sites (tertiary alicyclic amines) is 1. The highest BCUT2D eigenvalue weighted by Crippen LogP contribution is 2.23. The first-order valence-corrected chi connectivity index (χ1v) is 7.19. The first-order chi connectivity index (χ1) is 9.87. The fraction of sp³-hybridized carbons (Fsp3) is 0.667. The Morgan fingerprint density at radius 3 is 2.57 bits per heavy atom. The molecule has 6 nitrogen and oxygen atoms in total. The lowest BCUT2D eigenvalue weighted by atomic mass is 9.92. The molecule has 1 unspecified atom stereocenters. The quantitative estimate of drug-likeness (QED) is 0.848. The van der Waals surface area contributed by atoms with Crippen LogP contribution in [0.15, 0.2) is 12.1 Å². The van der Waals surface area contributed by atoms with E-state index in [-0.39, 0.29) is 17.4 Å². The van der Waals surface area contributed by atoms with Crippen LogP contribution in [0.5, 0.6) is 11.8 Å². The van der Waals surface area contributed by atoms with Gasteiger partial charge in [0.25, 0.3) is 0 Å². The second-order valence-electron chi connectivity index (χ2n) is 6.52. The molecule has 0 aromatic carbocycles. The molecule has 1 saturated heterocycles. The van der Waals surface area contributed by atoms with Crippen molar-refractivity contribution >= 4 is 5.91 Å². The van der Waals surface area contributed by atoms with Gasteiger partial charge in [0.15, 0.2) is 0 Å². The number of rotatable bonds is 4. The third-order valence-corrected chi connectivity index (χ3v) is 3.29. The van der Waals surface area contributed by atoms with Gasteiger partial charge in [0.2, 0.25) is 17.7 Å². The van der Waals surface area contributed by atoms with E-state index in [1.165, 1.54) is 0 Å². The van der Waals surface area contributed by atoms with Crippen molar-refractivity contribution in [3.8, 4) is 11.8 Å². The highest BCUT2D eigenvalue weighted by molar-refractivity contribution is 5.77. The second-order valence-corrected chi connectivity index (χ2v) is 6.52. The van der Waals surface area contributed by atoms with E-state index in [0.29, 0.717) is 24.7 Å². The molecular weight excluding hydrogens is 270 g/mol. The molecule has 6 heteroatoms. The average molecular weight is 293 g/mol. The van der Waals surface area contributed by atoms with Crippen molar-refractivity contribution in [1.29, 1.82) is 0 Å². The van der Waals surface area contributed by atoms with Crippen LogP contribution in [0, 0.1) is 5.41 Å². The molecule has 1 aliphatic heterocycles. The summed E-state index contributed by atoms with van der Waals surface area (Å²) in [5, 5.41) is 7.81. The molecule has 2 heterocycles. The number of hydrogen-bond acceptors (Lipinski definition) is 5. The highest BCUT2D eigenvalue weighted by Gasteiger charge is 2.29. The molecule has 1 aromatic heterocycles. The first-order valence-electron chi connectivity index (χ1n) is 7.19. The van der Waals surface area contributed by atoms with Crippen molar-refractivity contribution in [2.24, 2.45) is 5.41 Å². The normalized spacial score (nSPS) is 18.7. The van der Waals surface area contributed by atoms with Crippen LogP contribution in [0.2, 0.25) is 0 Å². The zero-order valence-corrected chi connectivity index (χ0v) is 13.1. The Labute approximate surface area is 125 Å². The summed E-state index contributed by atoms with van der Waals surface area (Å²) < 4.78 is 10.7. The van der Waals surface area contributed by atoms with Crippen molar-refractivity contribution in [3.05, 3.63) is 12.1 Å². The Kier molecular flexibility index (Phi) is 4.65. The third-order valence-electron chi connectivity index (χ3n) is 3.29. The zero-order chi connectivity index (χ0) is 15.5. The van der Waals surface area contributed by atoms with Crippen LogP contribution in [-0.2, 0) is 4.79 Å². The summed E-state index contributed by atoms with van der Waals surface area (Å²) in [4.78, 5) is 14.0. The van der Waals surface area contributed by atoms with Crippen LogP contribution in [0.4, 0.5) is 0 Å². The molecule has 1 aromatic rings. The van der Waals surface area contributed by atoms with Crippen molar-refractivity contribution in [2.75, 3.05) is 20.2 Å². The van der Waals surface area contributed by atoms with Gasteiger partial charge < -0.3 is 14.4 Å². The van der Waals surface area contributed by atoms with Gasteiger partial charge in [-0.1, -0.05) is 20.8 Å². The van der Waals surface area contributed by atoms with Crippen LogP contribution in [0.25, 0.3) is 0 Å². The van der Waals surface area contributed by atoms with E-state index >= 15 is 0 Å². The second kappa shape index (κ2) is 6.28. The number of hydrogen-bond donors (Lipinski definition) is 0. The predicted molar refractivity (Wildman–Crippen MR) is 78.3 cm³/mol. The van der Waals surface area contributed by atoms with Crippen LogP contribution in [0.1, 0.15) is 33.6 Å². The maximum atomic E-state index is 12.2. The Balaban J connectivity index is 1.86. The number of amides is 1. The molecule has 21 heavy (non-hydrogen) atoms. The minimum absolute atomic E-state index is 0.0114. The number of ether oxygens (including phenoxy) is 2. The molecule has 0 saturated carbocycles. The number of nitrogens with zero attached hydrogens (tertiary/aromatic N) is 3. The molecule has 2 rings (SSSR count). The third kappa shape index (κ3) is 4.58. The summed E-state index contributed by atoms with van der Waals surface area (Å²) in [5.74, 6) is 1.11. The Hall–Kier alpha value is -1.85. The number of carbonyl (C=O) groups excluding carboxylic acids is 1. The van der Waals surface area contributed by atoms with E-state index in [1.54, 1.807) is 19.2 Å². The molecule has 1 fully saturated rings. The molecule has 0 aliphatic carbocycles. The van der Waals surface area contributed by atoms with Gasteiger partial charge in [0.1, 0.15) is 6.10 Å². The fourth-order valence-electron chi connectivity index (χ4n) is 2.27. The lowest BCUT2D eigenvalue weighted by molar-refractivity contribution is -0.132. The maximum Gasteiger partial charge on any atom is 0.233 e. The topological polar surface area (TPSA) is 64.6 Å². The van der Waals surface area contributed by atoms with Crippen molar-refractivity contribution in [2.45, 2.75) is 39.7 Å². The molecule has 116 valence electrons. The van der Waals surface area contributed by atoms with E-state index in [4.69, 9.17) is 9.47 Å². The first kappa shape index (κ1) is 15.5. The molecule has 0 N–H and O–H groups in total. The van der Waals surface area contributed by atoms with E-state index in [2.05, 4.69) is 31.0 Å². The molecule has 0 radical (unpaired) electrons. The Morgan fingerprint density at radius 2 is 2.00 bits per heavy atom. The summed E-state index contributed by atoms with van der Waals surface area (Å²) in [5.41, 5.74) is 0.0114. The average Bonchev–Trinajstić information content (AvgIpc) is 2.86. The molecule has 1 amide bonds. The SMILES string of the molecule is COc1ccc(OC2CCN(C(=O)CC(C)(C)C)C2)nn1. The Morgan fingerprint density at radius 1 is 1.33 bits per heavy atom. The molecule has 0 bridgehead atoms. The summed E-state index contributed by atoms with van der Waals surface area (Å²) in [6, 6.07) is 3.44. The highest BCUT2D eigenvalue weighted by atomic mass is 16.5. The van der Waals surface area contributed by atoms with Gasteiger partial charge in [-0.15, -0.1) is 10.2 Å². The number of methoxy groups -OCH3 is 1. The van der Waals surface area contributed by atoms with Gasteiger partial charge in [-0.05, 0) is 5.41 Å². The monoisotopic (exact) mass is 293 g/mol. The molecule has 1 atom stereocenters. The Bertz CT molecular complexity index is 482. The van der Waals surface area contributed by atoms with Crippen molar-refractivity contribution in [3.63, 3.8) is 0 Å². The summed E-state index contributed by atoms with van der Waals surface area (Å²) in [6.07, 6.45) is 1.36. The minimum Gasteiger partial charge on any atom is -0.480 e. The van der Waals surface area contributed by atoms with Crippen molar-refractivity contribution in [1.82, 2.24) is 15.1 Å². The largest absolute Gasteiger partial charge is 0.480 e. The zero-order valence-electron chi connectivity index (χ0n) is 13.1. The maximum absolute atomic E-state index is 12.2. The van der Waals surface area contributed by atoms with E-state index < -0.39 is 0 Å². The summed E-state index contributed by atoms with van der Waals surface area (Å²) in [6.45, 7) is 7.57. The molecule has 0 spiro atoms. The van der Waals surface area contributed by atoms with Gasteiger partial charge in [-0.25, -0.2) is 0 Å². The van der Waals surface area contributed by atoms with Gasteiger partial charge in [-0.3, -0.25) is 4.79 Å².